The number of hydrogen-bond acceptors (Lipinski definition) is 4. The van der Waals surface area contributed by atoms with Crippen LogP contribution < -0.4 is 10.5 Å². The summed E-state index contributed by atoms with van der Waals surface area (Å²) in [6.45, 7) is 4.40. The molecule has 0 unspecified atom stereocenters. The normalized spacial score (nSPS) is 9.84. The number of hydrogen-bond donors (Lipinski definition) is 1. The molecule has 2 N–H and O–H groups in total. The van der Waals surface area contributed by atoms with Crippen LogP contribution in [0, 0.1) is 11.3 Å². The van der Waals surface area contributed by atoms with Crippen molar-refractivity contribution in [3.63, 3.8) is 0 Å². The molecular weight excluding hydrogens is 240 g/mol. The van der Waals surface area contributed by atoms with E-state index in [1.165, 1.54) is 4.68 Å². The Bertz CT molecular complexity index is 610. The van der Waals surface area contributed by atoms with Gasteiger partial charge < -0.3 is 10.5 Å². The molecule has 0 aliphatic carbocycles. The second-order valence-corrected chi connectivity index (χ2v) is 3.92. The van der Waals surface area contributed by atoms with Crippen molar-refractivity contribution in [2.45, 2.75) is 13.2 Å². The van der Waals surface area contributed by atoms with Gasteiger partial charge in [-0.05, 0) is 5.56 Å². The number of benzene rings is 1. The fourth-order valence-corrected chi connectivity index (χ4v) is 1.65. The first-order valence-electron chi connectivity index (χ1n) is 5.80. The Kier molecular flexibility index (Phi) is 3.84. The highest BCUT2D eigenvalue weighted by atomic mass is 16.5. The lowest BCUT2D eigenvalue weighted by Gasteiger charge is -2.02. The van der Waals surface area contributed by atoms with Crippen molar-refractivity contribution in [1.82, 2.24) is 9.78 Å². The maximum atomic E-state index is 9.09. The predicted octanol–water partition coefficient (Wildman–Crippen LogP) is 2.10. The van der Waals surface area contributed by atoms with Crippen LogP contribution in [0.3, 0.4) is 0 Å². The summed E-state index contributed by atoms with van der Waals surface area (Å²) >= 11 is 0. The van der Waals surface area contributed by atoms with Crippen molar-refractivity contribution in [3.8, 4) is 11.9 Å². The van der Waals surface area contributed by atoms with Gasteiger partial charge in [0.1, 0.15) is 18.5 Å². The summed E-state index contributed by atoms with van der Waals surface area (Å²) in [5, 5.41) is 13.2. The summed E-state index contributed by atoms with van der Waals surface area (Å²) in [6, 6.07) is 11.7. The molecule has 5 nitrogen and oxygen atoms in total. The summed E-state index contributed by atoms with van der Waals surface area (Å²) < 4.78 is 7.05. The van der Waals surface area contributed by atoms with Crippen molar-refractivity contribution in [1.29, 1.82) is 5.26 Å². The van der Waals surface area contributed by atoms with Crippen LogP contribution in [0.1, 0.15) is 11.1 Å². The molecule has 96 valence electrons. The summed E-state index contributed by atoms with van der Waals surface area (Å²) in [6.07, 6.45) is 1.66. The van der Waals surface area contributed by atoms with Crippen LogP contribution in [0.5, 0.6) is 5.88 Å². The highest BCUT2D eigenvalue weighted by Gasteiger charge is 2.16. The van der Waals surface area contributed by atoms with Crippen molar-refractivity contribution in [2.75, 3.05) is 5.73 Å². The molecule has 0 amide bonds. The molecule has 2 rings (SSSR count). The molecule has 0 saturated heterocycles. The molecule has 5 heteroatoms. The quantitative estimate of drug-likeness (QED) is 0.829. The van der Waals surface area contributed by atoms with Gasteiger partial charge in [0.15, 0.2) is 5.56 Å². The SMILES string of the molecule is C=CCn1nc(OCc2ccccc2)c(C#N)c1N. The first-order chi connectivity index (χ1) is 9.26. The first kappa shape index (κ1) is 12.7. The number of aromatic nitrogens is 2. The summed E-state index contributed by atoms with van der Waals surface area (Å²) in [5.41, 5.74) is 7.08. The summed E-state index contributed by atoms with van der Waals surface area (Å²) in [4.78, 5) is 0. The summed E-state index contributed by atoms with van der Waals surface area (Å²) in [7, 11) is 0. The van der Waals surface area contributed by atoms with E-state index in [4.69, 9.17) is 15.7 Å². The molecular formula is C14H14N4O. The molecule has 0 fully saturated rings. The van der Waals surface area contributed by atoms with Crippen LogP contribution in [-0.2, 0) is 13.2 Å². The standard InChI is InChI=1S/C14H14N4O/c1-2-8-18-13(16)12(9-15)14(17-18)19-10-11-6-4-3-5-7-11/h2-7H,1,8,10,16H2. The fourth-order valence-electron chi connectivity index (χ4n) is 1.65. The number of nitriles is 1. The van der Waals surface area contributed by atoms with Crippen LogP contribution in [0.25, 0.3) is 0 Å². The molecule has 19 heavy (non-hydrogen) atoms. The second-order valence-electron chi connectivity index (χ2n) is 3.92. The molecule has 0 atom stereocenters. The van der Waals surface area contributed by atoms with Crippen LogP contribution >= 0.6 is 0 Å². The molecule has 2 aromatic rings. The third-order valence-electron chi connectivity index (χ3n) is 2.59. The molecule has 1 heterocycles. The topological polar surface area (TPSA) is 76.9 Å². The largest absolute Gasteiger partial charge is 0.471 e. The molecule has 1 aromatic carbocycles. The van der Waals surface area contributed by atoms with Gasteiger partial charge in [0, 0.05) is 0 Å². The van der Waals surface area contributed by atoms with E-state index in [2.05, 4.69) is 11.7 Å². The Morgan fingerprint density at radius 3 is 2.79 bits per heavy atom. The minimum atomic E-state index is 0.255. The highest BCUT2D eigenvalue weighted by Crippen LogP contribution is 2.23. The zero-order valence-corrected chi connectivity index (χ0v) is 10.4. The van der Waals surface area contributed by atoms with Gasteiger partial charge in [-0.1, -0.05) is 36.4 Å². The van der Waals surface area contributed by atoms with Gasteiger partial charge in [-0.15, -0.1) is 11.7 Å². The monoisotopic (exact) mass is 254 g/mol. The minimum absolute atomic E-state index is 0.255. The molecule has 0 aliphatic heterocycles. The zero-order chi connectivity index (χ0) is 13.7. The minimum Gasteiger partial charge on any atom is -0.471 e. The Hall–Kier alpha value is -2.74. The second kappa shape index (κ2) is 5.74. The number of nitrogen functional groups attached to an aromatic ring is 1. The van der Waals surface area contributed by atoms with E-state index in [-0.39, 0.29) is 11.4 Å². The van der Waals surface area contributed by atoms with Crippen LogP contribution in [0.4, 0.5) is 5.82 Å². The third-order valence-corrected chi connectivity index (χ3v) is 2.59. The molecule has 1 aromatic heterocycles. The number of ether oxygens (including phenoxy) is 1. The van der Waals surface area contributed by atoms with E-state index in [0.29, 0.717) is 19.0 Å². The van der Waals surface area contributed by atoms with E-state index < -0.39 is 0 Å². The first-order valence-corrected chi connectivity index (χ1v) is 5.80. The van der Waals surface area contributed by atoms with Gasteiger partial charge in [0.05, 0.1) is 6.54 Å². The van der Waals surface area contributed by atoms with Gasteiger partial charge in [-0.25, -0.2) is 4.68 Å². The van der Waals surface area contributed by atoms with E-state index >= 15 is 0 Å². The maximum absolute atomic E-state index is 9.09. The fraction of sp³-hybridized carbons (Fsp3) is 0.143. The van der Waals surface area contributed by atoms with Crippen LogP contribution in [-0.4, -0.2) is 9.78 Å². The summed E-state index contributed by atoms with van der Waals surface area (Å²) in [5.74, 6) is 0.552. The number of allylic oxidation sites excluding steroid dienone is 1. The van der Waals surface area contributed by atoms with Crippen molar-refractivity contribution < 1.29 is 4.74 Å². The average Bonchev–Trinajstić information content (AvgIpc) is 2.74. The van der Waals surface area contributed by atoms with Crippen molar-refractivity contribution >= 4 is 5.82 Å². The van der Waals surface area contributed by atoms with Gasteiger partial charge in [-0.2, -0.15) is 5.26 Å². The van der Waals surface area contributed by atoms with Crippen molar-refractivity contribution in [2.24, 2.45) is 0 Å². The number of rotatable bonds is 5. The third kappa shape index (κ3) is 2.75. The number of anilines is 1. The van der Waals surface area contributed by atoms with E-state index in [1.54, 1.807) is 6.08 Å². The molecule has 0 bridgehead atoms. The molecule has 0 spiro atoms. The average molecular weight is 254 g/mol. The van der Waals surface area contributed by atoms with E-state index in [0.717, 1.165) is 5.56 Å². The Balaban J connectivity index is 2.18. The van der Waals surface area contributed by atoms with E-state index in [1.807, 2.05) is 36.4 Å². The smallest absolute Gasteiger partial charge is 0.253 e. The van der Waals surface area contributed by atoms with Gasteiger partial charge >= 0.3 is 0 Å². The Labute approximate surface area is 111 Å². The lowest BCUT2D eigenvalue weighted by molar-refractivity contribution is 0.289. The van der Waals surface area contributed by atoms with Crippen LogP contribution in [0.15, 0.2) is 43.0 Å². The van der Waals surface area contributed by atoms with Gasteiger partial charge in [0.2, 0.25) is 0 Å². The Morgan fingerprint density at radius 2 is 2.16 bits per heavy atom. The molecule has 0 saturated carbocycles. The van der Waals surface area contributed by atoms with E-state index in [9.17, 15) is 0 Å². The zero-order valence-electron chi connectivity index (χ0n) is 10.4. The van der Waals surface area contributed by atoms with Crippen molar-refractivity contribution in [3.05, 3.63) is 54.1 Å². The number of nitrogens with zero attached hydrogens (tertiary/aromatic N) is 3. The molecule has 0 radical (unpaired) electrons. The lowest BCUT2D eigenvalue weighted by atomic mass is 10.2. The maximum Gasteiger partial charge on any atom is 0.253 e. The lowest BCUT2D eigenvalue weighted by Crippen LogP contribution is -2.03. The molecule has 0 aliphatic rings. The van der Waals surface area contributed by atoms with Gasteiger partial charge in [0.25, 0.3) is 5.88 Å². The Morgan fingerprint density at radius 1 is 1.42 bits per heavy atom. The van der Waals surface area contributed by atoms with Crippen LogP contribution in [0.2, 0.25) is 0 Å². The number of nitrogens with two attached hydrogens (primary N) is 1. The predicted molar refractivity (Wildman–Crippen MR) is 72.3 cm³/mol. The van der Waals surface area contributed by atoms with Gasteiger partial charge in [-0.3, -0.25) is 0 Å². The highest BCUT2D eigenvalue weighted by molar-refractivity contribution is 5.55.